The van der Waals surface area contributed by atoms with Gasteiger partial charge < -0.3 is 65.2 Å². The second-order valence-corrected chi connectivity index (χ2v) is 24.9. The number of aromatic hydroxyl groups is 1. The van der Waals surface area contributed by atoms with E-state index in [2.05, 4.69) is 26.6 Å². The molecule has 2 aliphatic heterocycles. The maximum Gasteiger partial charge on any atom is 0.419 e. The van der Waals surface area contributed by atoms with Crippen molar-refractivity contribution in [3.05, 3.63) is 84.4 Å². The van der Waals surface area contributed by atoms with Gasteiger partial charge in [-0.05, 0) is 171 Å². The van der Waals surface area contributed by atoms with Gasteiger partial charge >= 0.3 is 30.5 Å². The van der Waals surface area contributed by atoms with E-state index in [-0.39, 0.29) is 37.5 Å². The Labute approximate surface area is 458 Å². The van der Waals surface area contributed by atoms with E-state index in [0.717, 1.165) is 5.39 Å². The van der Waals surface area contributed by atoms with Gasteiger partial charge in [0.1, 0.15) is 33.8 Å². The molecule has 424 valence electrons. The van der Waals surface area contributed by atoms with E-state index in [1.165, 1.54) is 4.90 Å². The molecule has 4 aromatic carbocycles. The Morgan fingerprint density at radius 3 is 1.26 bits per heavy atom. The molecule has 20 nitrogen and oxygen atoms in total. The predicted molar refractivity (Wildman–Crippen MR) is 301 cm³/mol. The molecule has 2 saturated heterocycles. The second-order valence-electron chi connectivity index (χ2n) is 24.9. The highest BCUT2D eigenvalue weighted by atomic mass is 16.6. The van der Waals surface area contributed by atoms with Gasteiger partial charge in [0.15, 0.2) is 0 Å². The Bertz CT molecular complexity index is 2650. The van der Waals surface area contributed by atoms with Gasteiger partial charge in [-0.2, -0.15) is 0 Å². The summed E-state index contributed by atoms with van der Waals surface area (Å²) in [5.74, 6) is -0.706. The number of carbonyl (C=O) groups is 6. The second kappa shape index (κ2) is 23.5. The van der Waals surface area contributed by atoms with E-state index in [1.807, 2.05) is 28.0 Å². The maximum atomic E-state index is 14.8. The largest absolute Gasteiger partial charge is 0.506 e. The van der Waals surface area contributed by atoms with Gasteiger partial charge in [-0.3, -0.25) is 4.79 Å². The highest BCUT2D eigenvalue weighted by molar-refractivity contribution is 6.10. The number of carbonyl (C=O) groups excluding carboxylic acids is 6. The van der Waals surface area contributed by atoms with Gasteiger partial charge in [-0.1, -0.05) is 30.3 Å². The number of benzene rings is 4. The third kappa shape index (κ3) is 18.0. The van der Waals surface area contributed by atoms with Gasteiger partial charge in [0.05, 0.1) is 41.1 Å². The van der Waals surface area contributed by atoms with Crippen LogP contribution in [-0.2, 0) is 23.7 Å². The van der Waals surface area contributed by atoms with E-state index in [0.29, 0.717) is 46.7 Å². The van der Waals surface area contributed by atoms with Gasteiger partial charge in [0, 0.05) is 48.6 Å². The summed E-state index contributed by atoms with van der Waals surface area (Å²) in [4.78, 5) is 87.3. The standard InChI is InChI=1S/C58H80N8O12/c1-54(2,3)74-49(69)60-37-26-38(61-50(70)75-55(4,5)6)32-64(31-37)42-28-43(65-33-39(62-51(71)76-56(7,8)9)27-40(34-65)63-52(72)77-57(10,11)12)30-44(29-42)66(53(73)78-58(13,14)15)41-23-21-36(22-24-41)59-48(68)46-25-20-35-18-16-17-19-45(35)47(46)67/h16-25,28-30,37-40,67H,26-27,31-34H2,1-15H3,(H,59,68)(H,60,69)(H,61,70)(H,62,71)(H,63,72). The summed E-state index contributed by atoms with van der Waals surface area (Å²) < 4.78 is 28.8. The Hall–Kier alpha value is -7.64. The number of fused-ring (bicyclic) bond motifs is 1. The third-order valence-corrected chi connectivity index (χ3v) is 11.8. The van der Waals surface area contributed by atoms with Crippen molar-refractivity contribution >= 4 is 75.6 Å². The zero-order chi connectivity index (χ0) is 57.7. The van der Waals surface area contributed by atoms with Crippen LogP contribution in [0.2, 0.25) is 0 Å². The normalized spacial score (nSPS) is 18.2. The van der Waals surface area contributed by atoms with E-state index < -0.39 is 88.5 Å². The summed E-state index contributed by atoms with van der Waals surface area (Å²) in [5, 5.41) is 27.2. The number of hydrogen-bond donors (Lipinski definition) is 6. The molecule has 4 atom stereocenters. The molecule has 2 fully saturated rings. The fraction of sp³-hybridized carbons (Fsp3) is 0.517. The first-order valence-corrected chi connectivity index (χ1v) is 26.3. The average Bonchev–Trinajstić information content (AvgIpc) is 3.26. The number of hydrogen-bond acceptors (Lipinski definition) is 14. The van der Waals surface area contributed by atoms with Crippen LogP contribution >= 0.6 is 0 Å². The van der Waals surface area contributed by atoms with Gasteiger partial charge in [0.25, 0.3) is 5.91 Å². The summed E-state index contributed by atoms with van der Waals surface area (Å²) in [6, 6.07) is 20.3. The van der Waals surface area contributed by atoms with Crippen LogP contribution in [0.1, 0.15) is 127 Å². The lowest BCUT2D eigenvalue weighted by Gasteiger charge is -2.42. The first-order valence-electron chi connectivity index (χ1n) is 26.3. The quantitative estimate of drug-likeness (QED) is 0.0810. The number of phenolic OH excluding ortho intramolecular Hbond substituents is 1. The van der Waals surface area contributed by atoms with Crippen LogP contribution in [0.3, 0.4) is 0 Å². The van der Waals surface area contributed by atoms with E-state index in [1.54, 1.807) is 165 Å². The summed E-state index contributed by atoms with van der Waals surface area (Å²) in [7, 11) is 0. The zero-order valence-corrected chi connectivity index (χ0v) is 47.8. The average molecular weight is 1080 g/mol. The number of rotatable bonds is 10. The molecular weight excluding hydrogens is 1000 g/mol. The van der Waals surface area contributed by atoms with Crippen LogP contribution in [0.15, 0.2) is 78.9 Å². The molecule has 0 radical (unpaired) electrons. The number of amides is 6. The third-order valence-electron chi connectivity index (χ3n) is 11.8. The number of piperidine rings is 2. The molecule has 20 heteroatoms. The first kappa shape index (κ1) is 59.6. The molecule has 6 amide bonds. The number of nitrogens with one attached hydrogen (secondary N) is 5. The lowest BCUT2D eigenvalue weighted by atomic mass is 9.98. The van der Waals surface area contributed by atoms with Crippen molar-refractivity contribution in [3.63, 3.8) is 0 Å². The molecule has 4 unspecified atom stereocenters. The Balaban J connectivity index is 1.48. The summed E-state index contributed by atoms with van der Waals surface area (Å²) in [6.07, 6.45) is -2.71. The highest BCUT2D eigenvalue weighted by Gasteiger charge is 2.36. The lowest BCUT2D eigenvalue weighted by Crippen LogP contribution is -2.58. The minimum absolute atomic E-state index is 0.0760. The van der Waals surface area contributed by atoms with E-state index >= 15 is 0 Å². The van der Waals surface area contributed by atoms with Crippen LogP contribution in [0.25, 0.3) is 10.8 Å². The molecule has 2 heterocycles. The number of nitrogens with zero attached hydrogens (tertiary/aromatic N) is 3. The van der Waals surface area contributed by atoms with Crippen molar-refractivity contribution in [3.8, 4) is 5.75 Å². The number of ether oxygens (including phenoxy) is 5. The molecule has 0 saturated carbocycles. The lowest BCUT2D eigenvalue weighted by molar-refractivity contribution is 0.0452. The molecular formula is C58H80N8O12. The van der Waals surface area contributed by atoms with E-state index in [4.69, 9.17) is 23.7 Å². The minimum Gasteiger partial charge on any atom is -0.506 e. The zero-order valence-electron chi connectivity index (χ0n) is 47.8. The molecule has 0 aliphatic carbocycles. The van der Waals surface area contributed by atoms with Crippen LogP contribution in [0, 0.1) is 0 Å². The number of phenols is 1. The van der Waals surface area contributed by atoms with Crippen LogP contribution in [0.5, 0.6) is 5.75 Å². The van der Waals surface area contributed by atoms with E-state index in [9.17, 15) is 33.9 Å². The van der Waals surface area contributed by atoms with Crippen molar-refractivity contribution in [2.75, 3.05) is 46.2 Å². The van der Waals surface area contributed by atoms with Crippen LogP contribution in [-0.4, -0.2) is 120 Å². The fourth-order valence-corrected chi connectivity index (χ4v) is 9.01. The van der Waals surface area contributed by atoms with Gasteiger partial charge in [0.2, 0.25) is 0 Å². The highest BCUT2D eigenvalue weighted by Crippen LogP contribution is 2.38. The predicted octanol–water partition coefficient (Wildman–Crippen LogP) is 10.9. The smallest absolute Gasteiger partial charge is 0.419 e. The van der Waals surface area contributed by atoms with Gasteiger partial charge in [-0.25, -0.2) is 28.9 Å². The van der Waals surface area contributed by atoms with Crippen molar-refractivity contribution in [1.82, 2.24) is 21.3 Å². The molecule has 2 aliphatic rings. The van der Waals surface area contributed by atoms with Crippen molar-refractivity contribution in [2.45, 2.75) is 169 Å². The number of alkyl carbamates (subject to hydrolysis) is 4. The molecule has 78 heavy (non-hydrogen) atoms. The Morgan fingerprint density at radius 1 is 0.487 bits per heavy atom. The number of anilines is 5. The summed E-state index contributed by atoms with van der Waals surface area (Å²) in [5.41, 5.74) is -1.93. The molecule has 6 N–H and O–H groups in total. The fourth-order valence-electron chi connectivity index (χ4n) is 9.01. The van der Waals surface area contributed by atoms with Crippen LogP contribution < -0.4 is 41.3 Å². The Morgan fingerprint density at radius 2 is 0.872 bits per heavy atom. The molecule has 4 aromatic rings. The summed E-state index contributed by atoms with van der Waals surface area (Å²) >= 11 is 0. The molecule has 0 aromatic heterocycles. The minimum atomic E-state index is -0.965. The van der Waals surface area contributed by atoms with Crippen molar-refractivity contribution < 1.29 is 57.6 Å². The molecule has 6 rings (SSSR count). The van der Waals surface area contributed by atoms with Crippen molar-refractivity contribution in [1.29, 1.82) is 0 Å². The van der Waals surface area contributed by atoms with Crippen molar-refractivity contribution in [2.24, 2.45) is 0 Å². The molecule has 0 spiro atoms. The monoisotopic (exact) mass is 1080 g/mol. The van der Waals surface area contributed by atoms with Gasteiger partial charge in [-0.15, -0.1) is 0 Å². The topological polar surface area (TPSA) is 239 Å². The first-order chi connectivity index (χ1) is 36.0. The maximum absolute atomic E-state index is 14.8. The SMILES string of the molecule is CC(C)(C)OC(=O)NC1CC(NC(=O)OC(C)(C)C)CN(c2cc(N3CC(NC(=O)OC(C)(C)C)CC(NC(=O)OC(C)(C)C)C3)cc(N(C(=O)OC(C)(C)C)c3ccc(NC(=O)c4ccc5ccccc5c4O)cc3)c2)C1. The van der Waals surface area contributed by atoms with Crippen LogP contribution in [0.4, 0.5) is 52.4 Å². The summed E-state index contributed by atoms with van der Waals surface area (Å²) in [6.45, 7) is 27.3. The molecule has 0 bridgehead atoms. The Kier molecular flexibility index (Phi) is 18.0.